The minimum Gasteiger partial charge on any atom is -0.339 e. The maximum absolute atomic E-state index is 11.2. The molecular formula is C10H17NO. The molecule has 12 heavy (non-hydrogen) atoms. The SMILES string of the molecule is C=CC(=O)N1CCCC(CC)C1. The summed E-state index contributed by atoms with van der Waals surface area (Å²) in [6, 6.07) is 0. The lowest BCUT2D eigenvalue weighted by atomic mass is 9.96. The van der Waals surface area contributed by atoms with Gasteiger partial charge in [0.05, 0.1) is 0 Å². The van der Waals surface area contributed by atoms with E-state index in [4.69, 9.17) is 0 Å². The van der Waals surface area contributed by atoms with Crippen LogP contribution in [0, 0.1) is 5.92 Å². The first-order valence-electron chi connectivity index (χ1n) is 4.69. The third kappa shape index (κ3) is 2.10. The summed E-state index contributed by atoms with van der Waals surface area (Å²) in [5.41, 5.74) is 0. The second-order valence-corrected chi connectivity index (χ2v) is 3.40. The van der Waals surface area contributed by atoms with E-state index in [1.165, 1.54) is 18.9 Å². The first-order valence-corrected chi connectivity index (χ1v) is 4.69. The van der Waals surface area contributed by atoms with Crippen LogP contribution in [-0.4, -0.2) is 23.9 Å². The van der Waals surface area contributed by atoms with Gasteiger partial charge in [-0.25, -0.2) is 0 Å². The highest BCUT2D eigenvalue weighted by Gasteiger charge is 2.20. The Kier molecular flexibility index (Phi) is 3.32. The molecule has 0 spiro atoms. The number of carbonyl (C=O) groups excluding carboxylic acids is 1. The average molecular weight is 167 g/mol. The Hall–Kier alpha value is -0.790. The lowest BCUT2D eigenvalue weighted by Crippen LogP contribution is -2.38. The third-order valence-electron chi connectivity index (χ3n) is 2.58. The van der Waals surface area contributed by atoms with Crippen LogP contribution >= 0.6 is 0 Å². The molecular weight excluding hydrogens is 150 g/mol. The van der Waals surface area contributed by atoms with Crippen LogP contribution in [0.5, 0.6) is 0 Å². The molecule has 1 atom stereocenters. The van der Waals surface area contributed by atoms with Crippen molar-refractivity contribution in [2.45, 2.75) is 26.2 Å². The van der Waals surface area contributed by atoms with Crippen molar-refractivity contribution in [3.05, 3.63) is 12.7 Å². The second kappa shape index (κ2) is 4.29. The van der Waals surface area contributed by atoms with Crippen molar-refractivity contribution in [3.8, 4) is 0 Å². The molecule has 0 aromatic heterocycles. The zero-order chi connectivity index (χ0) is 8.97. The molecule has 0 aromatic rings. The lowest BCUT2D eigenvalue weighted by Gasteiger charge is -2.31. The van der Waals surface area contributed by atoms with Crippen LogP contribution in [0.4, 0.5) is 0 Å². The van der Waals surface area contributed by atoms with Crippen molar-refractivity contribution >= 4 is 5.91 Å². The molecule has 1 heterocycles. The Morgan fingerprint density at radius 2 is 2.50 bits per heavy atom. The van der Waals surface area contributed by atoms with Crippen molar-refractivity contribution in [2.75, 3.05) is 13.1 Å². The summed E-state index contributed by atoms with van der Waals surface area (Å²) in [4.78, 5) is 13.1. The molecule has 1 saturated heterocycles. The molecule has 1 fully saturated rings. The van der Waals surface area contributed by atoms with E-state index in [2.05, 4.69) is 13.5 Å². The molecule has 1 amide bonds. The Bertz CT molecular complexity index is 177. The second-order valence-electron chi connectivity index (χ2n) is 3.40. The highest BCUT2D eigenvalue weighted by atomic mass is 16.2. The Morgan fingerprint density at radius 3 is 3.08 bits per heavy atom. The summed E-state index contributed by atoms with van der Waals surface area (Å²) in [6.07, 6.45) is 5.02. The van der Waals surface area contributed by atoms with Crippen molar-refractivity contribution in [1.29, 1.82) is 0 Å². The molecule has 2 nitrogen and oxygen atoms in total. The number of amides is 1. The fraction of sp³-hybridized carbons (Fsp3) is 0.700. The molecule has 0 aliphatic carbocycles. The quantitative estimate of drug-likeness (QED) is 0.574. The van der Waals surface area contributed by atoms with E-state index >= 15 is 0 Å². The zero-order valence-electron chi connectivity index (χ0n) is 7.75. The summed E-state index contributed by atoms with van der Waals surface area (Å²) < 4.78 is 0. The molecule has 1 unspecified atom stereocenters. The highest BCUT2D eigenvalue weighted by Crippen LogP contribution is 2.18. The smallest absolute Gasteiger partial charge is 0.245 e. The molecule has 0 N–H and O–H groups in total. The molecule has 1 aliphatic heterocycles. The lowest BCUT2D eigenvalue weighted by molar-refractivity contribution is -0.127. The van der Waals surface area contributed by atoms with Crippen molar-refractivity contribution < 1.29 is 4.79 Å². The maximum Gasteiger partial charge on any atom is 0.245 e. The van der Waals surface area contributed by atoms with Gasteiger partial charge in [0.1, 0.15) is 0 Å². The number of hydrogen-bond acceptors (Lipinski definition) is 1. The van der Waals surface area contributed by atoms with Gasteiger partial charge in [-0.1, -0.05) is 19.9 Å². The van der Waals surface area contributed by atoms with E-state index < -0.39 is 0 Å². The monoisotopic (exact) mass is 167 g/mol. The van der Waals surface area contributed by atoms with Gasteiger partial charge in [-0.15, -0.1) is 0 Å². The van der Waals surface area contributed by atoms with Crippen LogP contribution in [0.1, 0.15) is 26.2 Å². The minimum absolute atomic E-state index is 0.0909. The van der Waals surface area contributed by atoms with Gasteiger partial charge in [-0.05, 0) is 24.8 Å². The van der Waals surface area contributed by atoms with Crippen molar-refractivity contribution in [3.63, 3.8) is 0 Å². The largest absolute Gasteiger partial charge is 0.339 e. The van der Waals surface area contributed by atoms with Gasteiger partial charge in [0.2, 0.25) is 5.91 Å². The summed E-state index contributed by atoms with van der Waals surface area (Å²) in [7, 11) is 0. The van der Waals surface area contributed by atoms with E-state index in [0.29, 0.717) is 5.92 Å². The highest BCUT2D eigenvalue weighted by molar-refractivity contribution is 5.87. The Balaban J connectivity index is 2.45. The summed E-state index contributed by atoms with van der Waals surface area (Å²) in [6.45, 7) is 7.53. The van der Waals surface area contributed by atoms with Gasteiger partial charge in [-0.3, -0.25) is 4.79 Å². The van der Waals surface area contributed by atoms with Crippen LogP contribution in [0.25, 0.3) is 0 Å². The third-order valence-corrected chi connectivity index (χ3v) is 2.58. The predicted molar refractivity (Wildman–Crippen MR) is 49.8 cm³/mol. The van der Waals surface area contributed by atoms with E-state index in [-0.39, 0.29) is 5.91 Å². The zero-order valence-corrected chi connectivity index (χ0v) is 7.75. The summed E-state index contributed by atoms with van der Waals surface area (Å²) >= 11 is 0. The topological polar surface area (TPSA) is 20.3 Å². The van der Waals surface area contributed by atoms with Gasteiger partial charge in [0.25, 0.3) is 0 Å². The van der Waals surface area contributed by atoms with Crippen LogP contribution in [-0.2, 0) is 4.79 Å². The molecule has 0 bridgehead atoms. The molecule has 1 aliphatic rings. The van der Waals surface area contributed by atoms with Crippen molar-refractivity contribution in [1.82, 2.24) is 4.90 Å². The number of likely N-dealkylation sites (tertiary alicyclic amines) is 1. The predicted octanol–water partition coefficient (Wildman–Crippen LogP) is 1.82. The van der Waals surface area contributed by atoms with Crippen LogP contribution < -0.4 is 0 Å². The van der Waals surface area contributed by atoms with E-state index in [0.717, 1.165) is 19.5 Å². The summed E-state index contributed by atoms with van der Waals surface area (Å²) in [5, 5.41) is 0. The molecule has 0 aromatic carbocycles. The minimum atomic E-state index is 0.0909. The fourth-order valence-electron chi connectivity index (χ4n) is 1.73. The molecule has 1 rings (SSSR count). The van der Waals surface area contributed by atoms with Gasteiger partial charge >= 0.3 is 0 Å². The fourth-order valence-corrected chi connectivity index (χ4v) is 1.73. The van der Waals surface area contributed by atoms with Crippen LogP contribution in [0.3, 0.4) is 0 Å². The van der Waals surface area contributed by atoms with Crippen LogP contribution in [0.15, 0.2) is 12.7 Å². The van der Waals surface area contributed by atoms with E-state index in [9.17, 15) is 4.79 Å². The standard InChI is InChI=1S/C10H17NO/c1-3-9-6-5-7-11(8-9)10(12)4-2/h4,9H,2-3,5-8H2,1H3. The van der Waals surface area contributed by atoms with Crippen molar-refractivity contribution in [2.24, 2.45) is 5.92 Å². The molecule has 2 heteroatoms. The molecule has 0 saturated carbocycles. The van der Waals surface area contributed by atoms with Gasteiger partial charge in [-0.2, -0.15) is 0 Å². The first kappa shape index (κ1) is 9.30. The average Bonchev–Trinajstić information content (AvgIpc) is 2.17. The van der Waals surface area contributed by atoms with Gasteiger partial charge in [0, 0.05) is 13.1 Å². The van der Waals surface area contributed by atoms with Gasteiger partial charge < -0.3 is 4.90 Å². The van der Waals surface area contributed by atoms with E-state index in [1.54, 1.807) is 0 Å². The number of carbonyl (C=O) groups is 1. The normalized spacial score (nSPS) is 23.8. The number of piperidine rings is 1. The molecule has 68 valence electrons. The number of nitrogens with zero attached hydrogens (tertiary/aromatic N) is 1. The maximum atomic E-state index is 11.2. The van der Waals surface area contributed by atoms with Gasteiger partial charge in [0.15, 0.2) is 0 Å². The van der Waals surface area contributed by atoms with Crippen LogP contribution in [0.2, 0.25) is 0 Å². The summed E-state index contributed by atoms with van der Waals surface area (Å²) in [5.74, 6) is 0.802. The Labute approximate surface area is 74.2 Å². The van der Waals surface area contributed by atoms with E-state index in [1.807, 2.05) is 4.90 Å². The Morgan fingerprint density at radius 1 is 1.75 bits per heavy atom. The number of hydrogen-bond donors (Lipinski definition) is 0. The molecule has 0 radical (unpaired) electrons. The number of rotatable bonds is 2. The first-order chi connectivity index (χ1) is 5.77.